The van der Waals surface area contributed by atoms with Gasteiger partial charge in [-0.2, -0.15) is 0 Å². The van der Waals surface area contributed by atoms with E-state index in [0.717, 1.165) is 5.69 Å². The number of piperazine rings is 1. The molecule has 6 heteroatoms. The highest BCUT2D eigenvalue weighted by Crippen LogP contribution is 2.21. The van der Waals surface area contributed by atoms with Gasteiger partial charge in [-0.3, -0.25) is 4.79 Å². The van der Waals surface area contributed by atoms with Crippen molar-refractivity contribution in [3.8, 4) is 0 Å². The van der Waals surface area contributed by atoms with Gasteiger partial charge in [-0.1, -0.05) is 29.8 Å². The Bertz CT molecular complexity index is 786. The highest BCUT2D eigenvalue weighted by atomic mass is 35.5. The molecule has 1 heterocycles. The number of anilines is 1. The summed E-state index contributed by atoms with van der Waals surface area (Å²) in [6.07, 6.45) is 0. The van der Waals surface area contributed by atoms with Gasteiger partial charge in [0.25, 0.3) is 5.91 Å². The quantitative estimate of drug-likeness (QED) is 0.791. The number of benzene rings is 2. The molecular weight excluding hydrogens is 340 g/mol. The number of halogens is 1. The first-order chi connectivity index (χ1) is 12.1. The maximum absolute atomic E-state index is 12.6. The van der Waals surface area contributed by atoms with Gasteiger partial charge in [-0.15, -0.1) is 0 Å². The Morgan fingerprint density at radius 3 is 2.40 bits per heavy atom. The summed E-state index contributed by atoms with van der Waals surface area (Å²) >= 11 is 6.12. The molecule has 0 radical (unpaired) electrons. The number of esters is 1. The van der Waals surface area contributed by atoms with Crippen molar-refractivity contribution < 1.29 is 14.3 Å². The molecule has 0 aromatic heterocycles. The van der Waals surface area contributed by atoms with E-state index in [1.807, 2.05) is 35.2 Å². The minimum absolute atomic E-state index is 0.0476. The lowest BCUT2D eigenvalue weighted by Gasteiger charge is -2.36. The number of carbonyl (C=O) groups excluding carboxylic acids is 2. The zero-order valence-electron chi connectivity index (χ0n) is 13.9. The lowest BCUT2D eigenvalue weighted by atomic mass is 10.1. The molecule has 1 aliphatic rings. The summed E-state index contributed by atoms with van der Waals surface area (Å²) in [6.45, 7) is 2.60. The third-order valence-corrected chi connectivity index (χ3v) is 4.63. The van der Waals surface area contributed by atoms with E-state index in [1.165, 1.54) is 7.11 Å². The van der Waals surface area contributed by atoms with Crippen molar-refractivity contribution in [2.75, 3.05) is 38.2 Å². The zero-order valence-corrected chi connectivity index (χ0v) is 14.7. The molecule has 0 atom stereocenters. The van der Waals surface area contributed by atoms with E-state index in [1.54, 1.807) is 18.2 Å². The van der Waals surface area contributed by atoms with E-state index in [9.17, 15) is 9.59 Å². The van der Waals surface area contributed by atoms with Gasteiger partial charge in [0.1, 0.15) is 0 Å². The van der Waals surface area contributed by atoms with Crippen molar-refractivity contribution in [2.24, 2.45) is 0 Å². The number of carbonyl (C=O) groups is 2. The largest absolute Gasteiger partial charge is 0.465 e. The molecular formula is C19H19ClN2O3. The predicted octanol–water partition coefficient (Wildman–Crippen LogP) is 3.09. The van der Waals surface area contributed by atoms with Crippen LogP contribution in [0.2, 0.25) is 5.02 Å². The van der Waals surface area contributed by atoms with Crippen LogP contribution in [0.5, 0.6) is 0 Å². The molecule has 5 nitrogen and oxygen atoms in total. The van der Waals surface area contributed by atoms with Crippen LogP contribution in [0.4, 0.5) is 5.69 Å². The van der Waals surface area contributed by atoms with Crippen LogP contribution in [-0.4, -0.2) is 50.1 Å². The molecule has 0 saturated carbocycles. The first kappa shape index (κ1) is 17.3. The van der Waals surface area contributed by atoms with Crippen molar-refractivity contribution in [3.63, 3.8) is 0 Å². The zero-order chi connectivity index (χ0) is 17.8. The van der Waals surface area contributed by atoms with Gasteiger partial charge in [0, 0.05) is 31.9 Å². The standard InChI is InChI=1S/C19H19ClN2O3/c1-25-19(24)14-5-4-6-15(13-14)21-9-11-22(12-10-21)18(23)16-7-2-3-8-17(16)20/h2-8,13H,9-12H2,1H3. The lowest BCUT2D eigenvalue weighted by molar-refractivity contribution is 0.0600. The smallest absolute Gasteiger partial charge is 0.337 e. The summed E-state index contributed by atoms with van der Waals surface area (Å²) < 4.78 is 4.76. The fraction of sp³-hybridized carbons (Fsp3) is 0.263. The second-order valence-electron chi connectivity index (χ2n) is 5.80. The van der Waals surface area contributed by atoms with Crippen LogP contribution in [0.25, 0.3) is 0 Å². The van der Waals surface area contributed by atoms with Crippen molar-refractivity contribution in [1.29, 1.82) is 0 Å². The number of hydrogen-bond donors (Lipinski definition) is 0. The summed E-state index contributed by atoms with van der Waals surface area (Å²) in [7, 11) is 1.37. The molecule has 130 valence electrons. The van der Waals surface area contributed by atoms with Gasteiger partial charge in [-0.05, 0) is 30.3 Å². The summed E-state index contributed by atoms with van der Waals surface area (Å²) in [6, 6.07) is 14.4. The molecule has 25 heavy (non-hydrogen) atoms. The van der Waals surface area contributed by atoms with Gasteiger partial charge < -0.3 is 14.5 Å². The Labute approximate surface area is 151 Å². The maximum Gasteiger partial charge on any atom is 0.337 e. The van der Waals surface area contributed by atoms with Crippen molar-refractivity contribution in [1.82, 2.24) is 4.90 Å². The molecule has 3 rings (SSSR count). The Morgan fingerprint density at radius 2 is 1.72 bits per heavy atom. The SMILES string of the molecule is COC(=O)c1cccc(N2CCN(C(=O)c3ccccc3Cl)CC2)c1. The number of ether oxygens (including phenoxy) is 1. The fourth-order valence-corrected chi connectivity index (χ4v) is 3.14. The molecule has 1 amide bonds. The van der Waals surface area contributed by atoms with Crippen LogP contribution >= 0.6 is 11.6 Å². The molecule has 0 N–H and O–H groups in total. The molecule has 0 aliphatic carbocycles. The van der Waals surface area contributed by atoms with Gasteiger partial charge in [-0.25, -0.2) is 4.79 Å². The van der Waals surface area contributed by atoms with E-state index < -0.39 is 0 Å². The summed E-state index contributed by atoms with van der Waals surface area (Å²) in [5.74, 6) is -0.400. The maximum atomic E-state index is 12.6. The van der Waals surface area contributed by atoms with Crippen LogP contribution in [0.1, 0.15) is 20.7 Å². The Kier molecular flexibility index (Phi) is 5.24. The second-order valence-corrected chi connectivity index (χ2v) is 6.21. The minimum Gasteiger partial charge on any atom is -0.465 e. The summed E-state index contributed by atoms with van der Waals surface area (Å²) in [4.78, 5) is 28.2. The molecule has 0 spiro atoms. The Hall–Kier alpha value is -2.53. The number of amides is 1. The molecule has 1 saturated heterocycles. The minimum atomic E-state index is -0.352. The monoisotopic (exact) mass is 358 g/mol. The first-order valence-corrected chi connectivity index (χ1v) is 8.45. The normalized spacial score (nSPS) is 14.3. The second kappa shape index (κ2) is 7.57. The number of nitrogens with zero attached hydrogens (tertiary/aromatic N) is 2. The van der Waals surface area contributed by atoms with Crippen LogP contribution in [0.3, 0.4) is 0 Å². The van der Waals surface area contributed by atoms with Crippen LogP contribution in [0.15, 0.2) is 48.5 Å². The lowest BCUT2D eigenvalue weighted by Crippen LogP contribution is -2.48. The number of methoxy groups -OCH3 is 1. The highest BCUT2D eigenvalue weighted by molar-refractivity contribution is 6.33. The molecule has 1 fully saturated rings. The summed E-state index contributed by atoms with van der Waals surface area (Å²) in [5, 5.41) is 0.473. The molecule has 2 aromatic carbocycles. The fourth-order valence-electron chi connectivity index (χ4n) is 2.92. The topological polar surface area (TPSA) is 49.9 Å². The third kappa shape index (κ3) is 3.77. The molecule has 0 unspecified atom stereocenters. The van der Waals surface area contributed by atoms with Gasteiger partial charge in [0.05, 0.1) is 23.3 Å². The molecule has 2 aromatic rings. The van der Waals surface area contributed by atoms with E-state index in [-0.39, 0.29) is 11.9 Å². The van der Waals surface area contributed by atoms with Crippen molar-refractivity contribution in [2.45, 2.75) is 0 Å². The third-order valence-electron chi connectivity index (χ3n) is 4.30. The number of rotatable bonds is 3. The average Bonchev–Trinajstić information content (AvgIpc) is 2.67. The Morgan fingerprint density at radius 1 is 1.00 bits per heavy atom. The predicted molar refractivity (Wildman–Crippen MR) is 97.4 cm³/mol. The van der Waals surface area contributed by atoms with E-state index in [4.69, 9.17) is 16.3 Å². The van der Waals surface area contributed by atoms with Gasteiger partial charge in [0.15, 0.2) is 0 Å². The number of hydrogen-bond acceptors (Lipinski definition) is 4. The van der Waals surface area contributed by atoms with E-state index in [0.29, 0.717) is 42.3 Å². The van der Waals surface area contributed by atoms with Crippen molar-refractivity contribution >= 4 is 29.2 Å². The molecule has 0 bridgehead atoms. The van der Waals surface area contributed by atoms with E-state index >= 15 is 0 Å². The van der Waals surface area contributed by atoms with Crippen LogP contribution in [0, 0.1) is 0 Å². The first-order valence-electron chi connectivity index (χ1n) is 8.07. The van der Waals surface area contributed by atoms with Gasteiger partial charge >= 0.3 is 5.97 Å². The van der Waals surface area contributed by atoms with Gasteiger partial charge in [0.2, 0.25) is 0 Å². The van der Waals surface area contributed by atoms with Crippen LogP contribution in [-0.2, 0) is 4.74 Å². The average molecular weight is 359 g/mol. The Balaban J connectivity index is 1.67. The highest BCUT2D eigenvalue weighted by Gasteiger charge is 2.23. The molecule has 1 aliphatic heterocycles. The summed E-state index contributed by atoms with van der Waals surface area (Å²) in [5.41, 5.74) is 2.01. The van der Waals surface area contributed by atoms with Crippen molar-refractivity contribution in [3.05, 3.63) is 64.7 Å². The van der Waals surface area contributed by atoms with Crippen LogP contribution < -0.4 is 4.90 Å². The van der Waals surface area contributed by atoms with E-state index in [2.05, 4.69) is 4.90 Å².